The van der Waals surface area contributed by atoms with Crippen LogP contribution in [-0.4, -0.2) is 38.3 Å². The number of alkyl halides is 2. The van der Waals surface area contributed by atoms with Gasteiger partial charge in [0, 0.05) is 13.0 Å². The van der Waals surface area contributed by atoms with Crippen molar-refractivity contribution < 1.29 is 31.8 Å². The van der Waals surface area contributed by atoms with Crippen LogP contribution >= 0.6 is 0 Å². The van der Waals surface area contributed by atoms with Crippen molar-refractivity contribution in [3.8, 4) is 5.75 Å². The highest BCUT2D eigenvalue weighted by molar-refractivity contribution is 7.91. The first kappa shape index (κ1) is 19.2. The maximum atomic E-state index is 12.8. The van der Waals surface area contributed by atoms with Crippen LogP contribution < -0.4 is 10.1 Å². The third kappa shape index (κ3) is 3.93. The van der Waals surface area contributed by atoms with Gasteiger partial charge >= 0.3 is 5.76 Å². The molecule has 1 heterocycles. The molecular weight excluding hydrogens is 380 g/mol. The fourth-order valence-electron chi connectivity index (χ4n) is 2.81. The van der Waals surface area contributed by atoms with Crippen molar-refractivity contribution in [3.05, 3.63) is 59.2 Å². The van der Waals surface area contributed by atoms with Crippen molar-refractivity contribution >= 4 is 15.7 Å². The van der Waals surface area contributed by atoms with Gasteiger partial charge in [0.05, 0.1) is 23.2 Å². The Kier molecular flexibility index (Phi) is 5.43. The summed E-state index contributed by atoms with van der Waals surface area (Å²) in [4.78, 5) is 11.6. The van der Waals surface area contributed by atoms with Gasteiger partial charge in [-0.05, 0) is 35.4 Å². The maximum Gasteiger partial charge on any atom is 0.341 e. The van der Waals surface area contributed by atoms with Crippen LogP contribution in [0.15, 0.2) is 47.4 Å². The third-order valence-electron chi connectivity index (χ3n) is 4.23. The van der Waals surface area contributed by atoms with E-state index in [0.29, 0.717) is 12.2 Å². The summed E-state index contributed by atoms with van der Waals surface area (Å²) in [7, 11) is -4.92. The van der Waals surface area contributed by atoms with Gasteiger partial charge in [-0.3, -0.25) is 4.79 Å². The molecule has 2 N–H and O–H groups in total. The van der Waals surface area contributed by atoms with Crippen LogP contribution in [0.1, 0.15) is 27.6 Å². The minimum Gasteiger partial charge on any atom is -0.493 e. The van der Waals surface area contributed by atoms with Gasteiger partial charge in [-0.1, -0.05) is 18.2 Å². The number of amides is 1. The number of sulfone groups is 1. The molecule has 0 fully saturated rings. The summed E-state index contributed by atoms with van der Waals surface area (Å²) in [5.41, 5.74) is 1.12. The fourth-order valence-corrected chi connectivity index (χ4v) is 3.74. The molecule has 0 bridgehead atoms. The van der Waals surface area contributed by atoms with Crippen LogP contribution in [0.3, 0.4) is 0 Å². The first-order valence-electron chi connectivity index (χ1n) is 8.13. The first-order chi connectivity index (χ1) is 12.8. The predicted octanol–water partition coefficient (Wildman–Crippen LogP) is 2.08. The van der Waals surface area contributed by atoms with Crippen molar-refractivity contribution in [2.24, 2.45) is 0 Å². The third-order valence-corrected chi connectivity index (χ3v) is 5.67. The summed E-state index contributed by atoms with van der Waals surface area (Å²) in [5, 5.41) is 12.7. The Balaban J connectivity index is 1.73. The fraction of sp³-hybridized carbons (Fsp3) is 0.278. The molecule has 1 aliphatic rings. The van der Waals surface area contributed by atoms with E-state index in [4.69, 9.17) is 4.74 Å². The number of hydrogen-bond donors (Lipinski definition) is 2. The lowest BCUT2D eigenvalue weighted by Crippen LogP contribution is -2.30. The molecule has 27 heavy (non-hydrogen) atoms. The molecule has 0 aromatic heterocycles. The minimum atomic E-state index is -4.92. The average molecular weight is 397 g/mol. The standard InChI is InChI=1S/C18H17F2NO5S/c19-18(20)27(24,25)16-4-2-1-3-13(16)17(23)21-10-14(22)11-5-6-15-12(9-11)7-8-26-15/h1-6,9,14,18,22H,7-8,10H2,(H,21,23)/t14-/m1/s1. The molecule has 144 valence electrons. The van der Waals surface area contributed by atoms with E-state index in [1.165, 1.54) is 12.1 Å². The number of carbonyl (C=O) groups is 1. The molecule has 0 saturated carbocycles. The molecular formula is C18H17F2NO5S. The van der Waals surface area contributed by atoms with Crippen LogP contribution in [0.4, 0.5) is 8.78 Å². The number of aliphatic hydroxyl groups is 1. The molecule has 1 atom stereocenters. The number of nitrogens with one attached hydrogen (secondary N) is 1. The van der Waals surface area contributed by atoms with Crippen LogP contribution in [0.5, 0.6) is 5.75 Å². The molecule has 9 heteroatoms. The Morgan fingerprint density at radius 2 is 1.96 bits per heavy atom. The van der Waals surface area contributed by atoms with E-state index in [1.807, 2.05) is 0 Å². The highest BCUT2D eigenvalue weighted by atomic mass is 32.2. The Bertz CT molecular complexity index is 962. The second kappa shape index (κ2) is 7.61. The van der Waals surface area contributed by atoms with E-state index in [9.17, 15) is 27.1 Å². The Morgan fingerprint density at radius 1 is 1.22 bits per heavy atom. The SMILES string of the molecule is O=C(NC[C@@H](O)c1ccc2c(c1)CCO2)c1ccccc1S(=O)(=O)C(F)F. The highest BCUT2D eigenvalue weighted by Crippen LogP contribution is 2.28. The molecule has 0 aliphatic carbocycles. The molecule has 2 aromatic rings. The van der Waals surface area contributed by atoms with Gasteiger partial charge in [-0.15, -0.1) is 0 Å². The van der Waals surface area contributed by atoms with Crippen LogP contribution in [0, 0.1) is 0 Å². The maximum absolute atomic E-state index is 12.8. The lowest BCUT2D eigenvalue weighted by atomic mass is 10.0. The second-order valence-corrected chi connectivity index (χ2v) is 7.88. The average Bonchev–Trinajstić information content (AvgIpc) is 3.13. The van der Waals surface area contributed by atoms with Gasteiger partial charge in [0.2, 0.25) is 9.84 Å². The molecule has 1 aliphatic heterocycles. The van der Waals surface area contributed by atoms with E-state index in [0.717, 1.165) is 29.9 Å². The van der Waals surface area contributed by atoms with Crippen LogP contribution in [0.2, 0.25) is 0 Å². The Morgan fingerprint density at radius 3 is 2.70 bits per heavy atom. The summed E-state index contributed by atoms with van der Waals surface area (Å²) >= 11 is 0. The number of carbonyl (C=O) groups excluding carboxylic acids is 1. The molecule has 3 rings (SSSR count). The second-order valence-electron chi connectivity index (χ2n) is 5.99. The summed E-state index contributed by atoms with van der Waals surface area (Å²) in [5.74, 6) is -3.75. The van der Waals surface area contributed by atoms with E-state index < -0.39 is 38.1 Å². The largest absolute Gasteiger partial charge is 0.493 e. The van der Waals surface area contributed by atoms with Crippen molar-refractivity contribution in [2.75, 3.05) is 13.2 Å². The topological polar surface area (TPSA) is 92.7 Å². The molecule has 6 nitrogen and oxygen atoms in total. The number of fused-ring (bicyclic) bond motifs is 1. The number of rotatable bonds is 6. The van der Waals surface area contributed by atoms with Crippen molar-refractivity contribution in [3.63, 3.8) is 0 Å². The molecule has 0 unspecified atom stereocenters. The minimum absolute atomic E-state index is 0.207. The van der Waals surface area contributed by atoms with Gasteiger partial charge in [0.15, 0.2) is 0 Å². The zero-order valence-corrected chi connectivity index (χ0v) is 14.9. The van der Waals surface area contributed by atoms with Crippen molar-refractivity contribution in [2.45, 2.75) is 23.2 Å². The highest BCUT2D eigenvalue weighted by Gasteiger charge is 2.30. The predicted molar refractivity (Wildman–Crippen MR) is 92.6 cm³/mol. The van der Waals surface area contributed by atoms with Crippen LogP contribution in [-0.2, 0) is 16.3 Å². The number of halogens is 2. The normalized spacial score (nSPS) is 14.5. The van der Waals surface area contributed by atoms with E-state index in [-0.39, 0.29) is 6.54 Å². The van der Waals surface area contributed by atoms with Gasteiger partial charge in [-0.2, -0.15) is 8.78 Å². The number of benzene rings is 2. The molecule has 0 radical (unpaired) electrons. The summed E-state index contributed by atoms with van der Waals surface area (Å²) in [6.45, 7) is 0.364. The van der Waals surface area contributed by atoms with E-state index >= 15 is 0 Å². The molecule has 2 aromatic carbocycles. The number of ether oxygens (including phenoxy) is 1. The summed E-state index contributed by atoms with van der Waals surface area (Å²) in [6.07, 6.45) is -0.320. The number of aliphatic hydroxyl groups excluding tert-OH is 1. The Hall–Kier alpha value is -2.52. The van der Waals surface area contributed by atoms with Crippen molar-refractivity contribution in [1.82, 2.24) is 5.32 Å². The zero-order valence-electron chi connectivity index (χ0n) is 14.1. The molecule has 0 saturated heterocycles. The zero-order chi connectivity index (χ0) is 19.6. The summed E-state index contributed by atoms with van der Waals surface area (Å²) < 4.78 is 54.5. The number of hydrogen-bond acceptors (Lipinski definition) is 5. The van der Waals surface area contributed by atoms with Gasteiger partial charge in [-0.25, -0.2) is 8.42 Å². The van der Waals surface area contributed by atoms with Crippen LogP contribution in [0.25, 0.3) is 0 Å². The van der Waals surface area contributed by atoms with Gasteiger partial charge < -0.3 is 15.2 Å². The lowest BCUT2D eigenvalue weighted by molar-refractivity contribution is 0.0913. The monoisotopic (exact) mass is 397 g/mol. The van der Waals surface area contributed by atoms with Gasteiger partial charge in [0.25, 0.3) is 5.91 Å². The van der Waals surface area contributed by atoms with E-state index in [2.05, 4.69) is 5.32 Å². The molecule has 0 spiro atoms. The molecule has 1 amide bonds. The van der Waals surface area contributed by atoms with E-state index in [1.54, 1.807) is 18.2 Å². The van der Waals surface area contributed by atoms with Gasteiger partial charge in [0.1, 0.15) is 5.75 Å². The summed E-state index contributed by atoms with van der Waals surface area (Å²) in [6, 6.07) is 9.89. The van der Waals surface area contributed by atoms with Crippen molar-refractivity contribution in [1.29, 1.82) is 0 Å². The Labute approximate surface area is 154 Å². The lowest BCUT2D eigenvalue weighted by Gasteiger charge is -2.14. The first-order valence-corrected chi connectivity index (χ1v) is 9.68. The smallest absolute Gasteiger partial charge is 0.341 e. The quantitative estimate of drug-likeness (QED) is 0.779.